The second kappa shape index (κ2) is 6.24. The molecule has 1 N–H and O–H groups in total. The largest absolute Gasteiger partial charge is 0.492 e. The van der Waals surface area contributed by atoms with Crippen molar-refractivity contribution in [1.29, 1.82) is 0 Å². The zero-order valence-corrected chi connectivity index (χ0v) is 13.0. The van der Waals surface area contributed by atoms with Crippen molar-refractivity contribution in [2.45, 2.75) is 25.8 Å². The molecule has 0 aliphatic carbocycles. The van der Waals surface area contributed by atoms with E-state index in [1.54, 1.807) is 18.2 Å². The van der Waals surface area contributed by atoms with Gasteiger partial charge in [0.1, 0.15) is 5.75 Å². The van der Waals surface area contributed by atoms with Crippen LogP contribution in [0.2, 0.25) is 5.02 Å². The van der Waals surface area contributed by atoms with Gasteiger partial charge in [-0.1, -0.05) is 11.6 Å². The molecule has 3 aliphatic rings. The van der Waals surface area contributed by atoms with Gasteiger partial charge in [-0.3, -0.25) is 4.79 Å². The average molecular weight is 309 g/mol. The van der Waals surface area contributed by atoms with Gasteiger partial charge in [-0.2, -0.15) is 0 Å². The summed E-state index contributed by atoms with van der Waals surface area (Å²) in [7, 11) is 0. The fraction of sp³-hybridized carbons (Fsp3) is 0.562. The van der Waals surface area contributed by atoms with Crippen LogP contribution < -0.4 is 10.1 Å². The molecule has 3 aliphatic heterocycles. The van der Waals surface area contributed by atoms with Gasteiger partial charge in [0, 0.05) is 18.2 Å². The van der Waals surface area contributed by atoms with Gasteiger partial charge < -0.3 is 15.0 Å². The third-order valence-corrected chi connectivity index (χ3v) is 4.76. The molecular weight excluding hydrogens is 288 g/mol. The smallest absolute Gasteiger partial charge is 0.251 e. The van der Waals surface area contributed by atoms with Crippen molar-refractivity contribution in [2.75, 3.05) is 26.2 Å². The first kappa shape index (κ1) is 14.7. The highest BCUT2D eigenvalue weighted by molar-refractivity contribution is 6.32. The van der Waals surface area contributed by atoms with E-state index in [0.717, 1.165) is 6.54 Å². The Morgan fingerprint density at radius 1 is 1.43 bits per heavy atom. The van der Waals surface area contributed by atoms with Gasteiger partial charge >= 0.3 is 0 Å². The van der Waals surface area contributed by atoms with Crippen molar-refractivity contribution in [2.24, 2.45) is 5.92 Å². The molecule has 3 fully saturated rings. The minimum Gasteiger partial charge on any atom is -0.492 e. The Balaban J connectivity index is 1.66. The van der Waals surface area contributed by atoms with Crippen molar-refractivity contribution in [1.82, 2.24) is 10.2 Å². The van der Waals surface area contributed by atoms with E-state index < -0.39 is 0 Å². The number of halogens is 1. The highest BCUT2D eigenvalue weighted by Gasteiger charge is 2.34. The molecule has 3 saturated heterocycles. The van der Waals surface area contributed by atoms with E-state index in [9.17, 15) is 4.79 Å². The second-order valence-electron chi connectivity index (χ2n) is 5.80. The maximum atomic E-state index is 12.4. The molecule has 1 aromatic carbocycles. The maximum Gasteiger partial charge on any atom is 0.251 e. The number of ether oxygens (including phenoxy) is 1. The Morgan fingerprint density at radius 3 is 2.76 bits per heavy atom. The summed E-state index contributed by atoms with van der Waals surface area (Å²) >= 11 is 6.14. The van der Waals surface area contributed by atoms with Crippen LogP contribution in [0.25, 0.3) is 0 Å². The van der Waals surface area contributed by atoms with Crippen LogP contribution in [0.1, 0.15) is 30.1 Å². The molecule has 5 heteroatoms. The van der Waals surface area contributed by atoms with Crippen molar-refractivity contribution >= 4 is 17.5 Å². The number of nitrogens with zero attached hydrogens (tertiary/aromatic N) is 1. The second-order valence-corrected chi connectivity index (χ2v) is 6.20. The summed E-state index contributed by atoms with van der Waals surface area (Å²) in [4.78, 5) is 14.8. The van der Waals surface area contributed by atoms with E-state index in [1.807, 2.05) is 6.92 Å². The predicted octanol–water partition coefficient (Wildman–Crippen LogP) is 2.56. The van der Waals surface area contributed by atoms with Crippen molar-refractivity contribution in [3.05, 3.63) is 28.8 Å². The van der Waals surface area contributed by atoms with Gasteiger partial charge in [0.25, 0.3) is 5.91 Å². The van der Waals surface area contributed by atoms with Gasteiger partial charge in [0.05, 0.1) is 11.6 Å². The van der Waals surface area contributed by atoms with Crippen LogP contribution in [0, 0.1) is 5.92 Å². The summed E-state index contributed by atoms with van der Waals surface area (Å²) in [6.45, 7) is 5.79. The third-order valence-electron chi connectivity index (χ3n) is 4.47. The minimum atomic E-state index is -0.0429. The van der Waals surface area contributed by atoms with Crippen LogP contribution >= 0.6 is 11.6 Å². The first-order chi connectivity index (χ1) is 10.2. The zero-order chi connectivity index (χ0) is 14.8. The van der Waals surface area contributed by atoms with Gasteiger partial charge in [0.15, 0.2) is 0 Å². The normalized spacial score (nSPS) is 27.4. The Morgan fingerprint density at radius 2 is 2.19 bits per heavy atom. The summed E-state index contributed by atoms with van der Waals surface area (Å²) in [6.07, 6.45) is 2.38. The minimum absolute atomic E-state index is 0.0429. The predicted molar refractivity (Wildman–Crippen MR) is 83.0 cm³/mol. The molecule has 4 rings (SSSR count). The highest BCUT2D eigenvalue weighted by Crippen LogP contribution is 2.28. The molecule has 0 saturated carbocycles. The van der Waals surface area contributed by atoms with Crippen LogP contribution in [0.5, 0.6) is 5.75 Å². The maximum absolute atomic E-state index is 12.4. The van der Waals surface area contributed by atoms with E-state index in [-0.39, 0.29) is 11.9 Å². The Hall–Kier alpha value is -1.26. The van der Waals surface area contributed by atoms with E-state index in [2.05, 4.69) is 10.2 Å². The fourth-order valence-corrected chi connectivity index (χ4v) is 3.53. The lowest BCUT2D eigenvalue weighted by Crippen LogP contribution is -2.57. The van der Waals surface area contributed by atoms with E-state index in [4.69, 9.17) is 16.3 Å². The van der Waals surface area contributed by atoms with Crippen LogP contribution in [-0.4, -0.2) is 43.1 Å². The molecule has 3 heterocycles. The number of piperidine rings is 3. The molecule has 4 nitrogen and oxygen atoms in total. The zero-order valence-electron chi connectivity index (χ0n) is 12.3. The number of rotatable bonds is 4. The van der Waals surface area contributed by atoms with E-state index >= 15 is 0 Å². The van der Waals surface area contributed by atoms with Crippen LogP contribution in [0.15, 0.2) is 18.2 Å². The topological polar surface area (TPSA) is 41.6 Å². The highest BCUT2D eigenvalue weighted by atomic mass is 35.5. The summed E-state index contributed by atoms with van der Waals surface area (Å²) in [5.74, 6) is 1.20. The van der Waals surface area contributed by atoms with Crippen molar-refractivity contribution in [3.8, 4) is 5.75 Å². The number of carbonyl (C=O) groups excluding carboxylic acids is 1. The Kier molecular flexibility index (Phi) is 4.36. The molecule has 0 aromatic heterocycles. The molecule has 114 valence electrons. The molecule has 1 atom stereocenters. The molecule has 1 amide bonds. The lowest BCUT2D eigenvalue weighted by molar-refractivity contribution is 0.0620. The monoisotopic (exact) mass is 308 g/mol. The molecular formula is C16H21ClN2O2. The van der Waals surface area contributed by atoms with Crippen molar-refractivity contribution in [3.63, 3.8) is 0 Å². The van der Waals surface area contributed by atoms with Gasteiger partial charge in [0.2, 0.25) is 0 Å². The lowest BCUT2D eigenvalue weighted by atomic mass is 9.84. The van der Waals surface area contributed by atoms with E-state index in [1.165, 1.54) is 25.9 Å². The van der Waals surface area contributed by atoms with Gasteiger partial charge in [-0.15, -0.1) is 0 Å². The number of hydrogen-bond acceptors (Lipinski definition) is 3. The van der Waals surface area contributed by atoms with Crippen LogP contribution in [0.4, 0.5) is 0 Å². The van der Waals surface area contributed by atoms with Gasteiger partial charge in [-0.05, 0) is 57.0 Å². The summed E-state index contributed by atoms with van der Waals surface area (Å²) in [5, 5.41) is 3.65. The first-order valence-corrected chi connectivity index (χ1v) is 8.00. The molecule has 1 aromatic rings. The number of fused-ring (bicyclic) bond motifs is 3. The van der Waals surface area contributed by atoms with Crippen LogP contribution in [-0.2, 0) is 0 Å². The number of hydrogen-bond donors (Lipinski definition) is 1. The number of benzene rings is 1. The average Bonchev–Trinajstić information content (AvgIpc) is 2.50. The van der Waals surface area contributed by atoms with E-state index in [0.29, 0.717) is 28.9 Å². The van der Waals surface area contributed by atoms with Gasteiger partial charge in [-0.25, -0.2) is 0 Å². The molecule has 2 bridgehead atoms. The number of carbonyl (C=O) groups is 1. The molecule has 1 unspecified atom stereocenters. The standard InChI is InChI=1S/C16H21ClN2O2/c1-2-21-15-4-3-12(9-13(15)17)16(20)18-14-10-19-7-5-11(14)6-8-19/h3-4,9,11,14H,2,5-8,10H2,1H3,(H,18,20). The summed E-state index contributed by atoms with van der Waals surface area (Å²) in [5.41, 5.74) is 0.597. The molecule has 21 heavy (non-hydrogen) atoms. The molecule has 0 spiro atoms. The number of amides is 1. The molecule has 0 radical (unpaired) electrons. The quantitative estimate of drug-likeness (QED) is 0.929. The van der Waals surface area contributed by atoms with Crippen LogP contribution in [0.3, 0.4) is 0 Å². The SMILES string of the molecule is CCOc1ccc(C(=O)NC2CN3CCC2CC3)cc1Cl. The Labute approximate surface area is 130 Å². The van der Waals surface area contributed by atoms with Crippen molar-refractivity contribution < 1.29 is 9.53 Å². The summed E-state index contributed by atoms with van der Waals surface area (Å²) < 4.78 is 5.39. The number of nitrogens with one attached hydrogen (secondary N) is 1. The third kappa shape index (κ3) is 3.16. The Bertz CT molecular complexity index is 527. The lowest BCUT2D eigenvalue weighted by Gasteiger charge is -2.44. The first-order valence-electron chi connectivity index (χ1n) is 7.63. The summed E-state index contributed by atoms with van der Waals surface area (Å²) in [6, 6.07) is 5.49. The fourth-order valence-electron chi connectivity index (χ4n) is 3.29.